The van der Waals surface area contributed by atoms with Crippen LogP contribution in [0.1, 0.15) is 20.8 Å². The number of amides is 1. The Morgan fingerprint density at radius 1 is 1.29 bits per heavy atom. The lowest BCUT2D eigenvalue weighted by Gasteiger charge is -2.40. The Kier molecular flexibility index (Phi) is 5.22. The molecule has 0 aromatic heterocycles. The Labute approximate surface area is 146 Å². The molecule has 1 fully saturated rings. The quantitative estimate of drug-likeness (QED) is 0.803. The number of carbonyl (C=O) groups is 1. The van der Waals surface area contributed by atoms with Crippen LogP contribution in [0, 0.1) is 0 Å². The molecule has 0 bridgehead atoms. The summed E-state index contributed by atoms with van der Waals surface area (Å²) < 4.78 is 46.0. The molecule has 2 rings (SSSR count). The molecule has 0 radical (unpaired) electrons. The van der Waals surface area contributed by atoms with E-state index in [0.29, 0.717) is 18.8 Å². The molecular weight excluding hydrogens is 393 g/mol. The van der Waals surface area contributed by atoms with Gasteiger partial charge in [0.05, 0.1) is 10.5 Å². The van der Waals surface area contributed by atoms with Gasteiger partial charge in [-0.15, -0.1) is 13.2 Å². The highest BCUT2D eigenvalue weighted by Crippen LogP contribution is 2.33. The van der Waals surface area contributed by atoms with Gasteiger partial charge in [0.2, 0.25) is 0 Å². The molecule has 1 aliphatic heterocycles. The highest BCUT2D eigenvalue weighted by atomic mass is 79.9. The van der Waals surface area contributed by atoms with Crippen LogP contribution in [0.3, 0.4) is 0 Å². The summed E-state index contributed by atoms with van der Waals surface area (Å²) in [5, 5.41) is 3.14. The fraction of sp³-hybridized carbons (Fsp3) is 0.533. The summed E-state index contributed by atoms with van der Waals surface area (Å²) in [6.45, 7) is 6.31. The van der Waals surface area contributed by atoms with Gasteiger partial charge in [-0.25, -0.2) is 4.79 Å². The number of rotatable bonds is 3. The Morgan fingerprint density at radius 2 is 1.92 bits per heavy atom. The van der Waals surface area contributed by atoms with Crippen LogP contribution in [0.2, 0.25) is 0 Å². The number of anilines is 1. The molecule has 1 aliphatic rings. The number of carbonyl (C=O) groups excluding carboxylic acids is 1. The van der Waals surface area contributed by atoms with Gasteiger partial charge in [0, 0.05) is 18.8 Å². The number of hydrogen-bond acceptors (Lipinski definition) is 4. The van der Waals surface area contributed by atoms with Crippen molar-refractivity contribution in [2.24, 2.45) is 0 Å². The standard InChI is InChI=1S/C15H18BrF3N2O3/c1-14(2,3)24-13(22)21-7-10(8-21)20-9-4-5-12(11(16)6-9)23-15(17,18)19/h4-6,10,20H,7-8H2,1-3H3. The first-order chi connectivity index (χ1) is 10.9. The molecule has 134 valence electrons. The monoisotopic (exact) mass is 410 g/mol. The third kappa shape index (κ3) is 5.47. The van der Waals surface area contributed by atoms with Gasteiger partial charge in [-0.3, -0.25) is 0 Å². The first-order valence-corrected chi connectivity index (χ1v) is 8.02. The minimum atomic E-state index is -4.74. The summed E-state index contributed by atoms with van der Waals surface area (Å²) >= 11 is 3.05. The normalized spacial score (nSPS) is 15.7. The number of alkyl halides is 3. The molecule has 24 heavy (non-hydrogen) atoms. The lowest BCUT2D eigenvalue weighted by molar-refractivity contribution is -0.274. The number of nitrogens with one attached hydrogen (secondary N) is 1. The molecule has 1 aromatic carbocycles. The second kappa shape index (κ2) is 6.70. The highest BCUT2D eigenvalue weighted by Gasteiger charge is 2.34. The lowest BCUT2D eigenvalue weighted by Crippen LogP contribution is -2.57. The Bertz CT molecular complexity index is 611. The van der Waals surface area contributed by atoms with Gasteiger partial charge in [0.1, 0.15) is 11.4 Å². The zero-order valence-corrected chi connectivity index (χ0v) is 15.0. The maximum atomic E-state index is 12.2. The van der Waals surface area contributed by atoms with Crippen molar-refractivity contribution in [1.29, 1.82) is 0 Å². The number of nitrogens with zero attached hydrogens (tertiary/aromatic N) is 1. The van der Waals surface area contributed by atoms with Crippen molar-refractivity contribution >= 4 is 27.7 Å². The first-order valence-electron chi connectivity index (χ1n) is 7.23. The molecule has 9 heteroatoms. The van der Waals surface area contributed by atoms with Gasteiger partial charge in [-0.2, -0.15) is 0 Å². The molecule has 0 atom stereocenters. The molecule has 1 heterocycles. The summed E-state index contributed by atoms with van der Waals surface area (Å²) in [5.41, 5.74) is 0.0830. The topological polar surface area (TPSA) is 50.8 Å². The van der Waals surface area contributed by atoms with Crippen LogP contribution in [0.4, 0.5) is 23.7 Å². The maximum Gasteiger partial charge on any atom is 0.573 e. The van der Waals surface area contributed by atoms with Crippen molar-refractivity contribution in [1.82, 2.24) is 4.90 Å². The van der Waals surface area contributed by atoms with Crippen LogP contribution in [0.25, 0.3) is 0 Å². The largest absolute Gasteiger partial charge is 0.573 e. The molecule has 1 aromatic rings. The fourth-order valence-corrected chi connectivity index (χ4v) is 2.54. The van der Waals surface area contributed by atoms with Crippen LogP contribution in [0.15, 0.2) is 22.7 Å². The average Bonchev–Trinajstić information content (AvgIpc) is 2.32. The van der Waals surface area contributed by atoms with E-state index in [4.69, 9.17) is 4.74 Å². The summed E-state index contributed by atoms with van der Waals surface area (Å²) in [5.74, 6) is -0.308. The third-order valence-electron chi connectivity index (χ3n) is 3.06. The summed E-state index contributed by atoms with van der Waals surface area (Å²) in [7, 11) is 0. The van der Waals surface area contributed by atoms with Crippen LogP contribution < -0.4 is 10.1 Å². The summed E-state index contributed by atoms with van der Waals surface area (Å²) in [6, 6.07) is 4.22. The van der Waals surface area contributed by atoms with Gasteiger partial charge < -0.3 is 19.7 Å². The van der Waals surface area contributed by atoms with E-state index in [2.05, 4.69) is 26.0 Å². The minimum Gasteiger partial charge on any atom is -0.444 e. The first kappa shape index (κ1) is 18.7. The van der Waals surface area contributed by atoms with Crippen molar-refractivity contribution < 1.29 is 27.4 Å². The molecule has 0 spiro atoms. The number of hydrogen-bond donors (Lipinski definition) is 1. The van der Waals surface area contributed by atoms with Gasteiger partial charge in [0.15, 0.2) is 0 Å². The van der Waals surface area contributed by atoms with Crippen LogP contribution in [-0.2, 0) is 4.74 Å². The van der Waals surface area contributed by atoms with E-state index in [0.717, 1.165) is 0 Å². The molecule has 5 nitrogen and oxygen atoms in total. The number of halogens is 4. The smallest absolute Gasteiger partial charge is 0.444 e. The zero-order chi connectivity index (χ0) is 18.1. The predicted octanol–water partition coefficient (Wildman–Crippen LogP) is 4.38. The molecule has 1 saturated heterocycles. The van der Waals surface area contributed by atoms with E-state index in [-0.39, 0.29) is 22.4 Å². The Hall–Kier alpha value is -1.64. The van der Waals surface area contributed by atoms with Crippen LogP contribution in [-0.4, -0.2) is 42.1 Å². The van der Waals surface area contributed by atoms with Crippen molar-refractivity contribution in [3.8, 4) is 5.75 Å². The SMILES string of the molecule is CC(C)(C)OC(=O)N1CC(Nc2ccc(OC(F)(F)F)c(Br)c2)C1. The number of ether oxygens (including phenoxy) is 2. The van der Waals surface area contributed by atoms with Crippen molar-refractivity contribution in [2.75, 3.05) is 18.4 Å². The Morgan fingerprint density at radius 3 is 2.42 bits per heavy atom. The number of likely N-dealkylation sites (tertiary alicyclic amines) is 1. The van der Waals surface area contributed by atoms with Gasteiger partial charge in [-0.05, 0) is 54.9 Å². The zero-order valence-electron chi connectivity index (χ0n) is 13.4. The van der Waals surface area contributed by atoms with Gasteiger partial charge >= 0.3 is 12.5 Å². The van der Waals surface area contributed by atoms with Gasteiger partial charge in [0.25, 0.3) is 0 Å². The van der Waals surface area contributed by atoms with Crippen molar-refractivity contribution in [3.63, 3.8) is 0 Å². The van der Waals surface area contributed by atoms with E-state index in [9.17, 15) is 18.0 Å². The van der Waals surface area contributed by atoms with E-state index in [1.165, 1.54) is 18.2 Å². The lowest BCUT2D eigenvalue weighted by atomic mass is 10.1. The number of benzene rings is 1. The van der Waals surface area contributed by atoms with Crippen LogP contribution in [0.5, 0.6) is 5.75 Å². The fourth-order valence-electron chi connectivity index (χ4n) is 2.08. The highest BCUT2D eigenvalue weighted by molar-refractivity contribution is 9.10. The average molecular weight is 411 g/mol. The molecule has 1 N–H and O–H groups in total. The second-order valence-electron chi connectivity index (χ2n) is 6.42. The summed E-state index contributed by atoms with van der Waals surface area (Å²) in [6.07, 6.45) is -5.12. The van der Waals surface area contributed by atoms with E-state index in [1.54, 1.807) is 25.7 Å². The summed E-state index contributed by atoms with van der Waals surface area (Å²) in [4.78, 5) is 13.4. The molecule has 0 aliphatic carbocycles. The van der Waals surface area contributed by atoms with Crippen molar-refractivity contribution in [3.05, 3.63) is 22.7 Å². The molecule has 0 saturated carbocycles. The van der Waals surface area contributed by atoms with E-state index >= 15 is 0 Å². The Balaban J connectivity index is 1.86. The molecular formula is C15H18BrF3N2O3. The molecule has 1 amide bonds. The minimum absolute atomic E-state index is 0.0128. The second-order valence-corrected chi connectivity index (χ2v) is 7.27. The predicted molar refractivity (Wildman–Crippen MR) is 86.0 cm³/mol. The maximum absolute atomic E-state index is 12.2. The van der Waals surface area contributed by atoms with E-state index < -0.39 is 12.0 Å². The van der Waals surface area contributed by atoms with Gasteiger partial charge in [-0.1, -0.05) is 0 Å². The molecule has 0 unspecified atom stereocenters. The third-order valence-corrected chi connectivity index (χ3v) is 3.68. The van der Waals surface area contributed by atoms with Crippen LogP contribution >= 0.6 is 15.9 Å². The van der Waals surface area contributed by atoms with Crippen molar-refractivity contribution in [2.45, 2.75) is 38.8 Å². The van der Waals surface area contributed by atoms with E-state index in [1.807, 2.05) is 0 Å².